The molecule has 2 heterocycles. The van der Waals surface area contributed by atoms with Crippen molar-refractivity contribution in [1.29, 1.82) is 0 Å². The van der Waals surface area contributed by atoms with Gasteiger partial charge in [0.2, 0.25) is 11.8 Å². The Balaban J connectivity index is 1.85. The zero-order chi connectivity index (χ0) is 12.1. The molecule has 0 radical (unpaired) electrons. The average Bonchev–Trinajstić information content (AvgIpc) is 2.75. The fourth-order valence-corrected chi connectivity index (χ4v) is 1.38. The molecule has 2 aromatic rings. The predicted octanol–water partition coefficient (Wildman–Crippen LogP) is 1.07. The van der Waals surface area contributed by atoms with Crippen LogP contribution < -0.4 is 10.1 Å². The van der Waals surface area contributed by atoms with Gasteiger partial charge in [-0.15, -0.1) is 0 Å². The van der Waals surface area contributed by atoms with Crippen LogP contribution in [0.4, 0.5) is 0 Å². The van der Waals surface area contributed by atoms with Gasteiger partial charge in [-0.2, -0.15) is 4.98 Å². The van der Waals surface area contributed by atoms with E-state index in [2.05, 4.69) is 20.4 Å². The smallest absolute Gasteiger partial charge is 0.240 e. The number of nitrogens with zero attached hydrogens (tertiary/aromatic N) is 3. The second-order valence-corrected chi connectivity index (χ2v) is 3.51. The molecule has 2 aromatic heterocycles. The van der Waals surface area contributed by atoms with Crippen molar-refractivity contribution < 1.29 is 9.26 Å². The zero-order valence-corrected chi connectivity index (χ0v) is 9.80. The maximum atomic E-state index is 5.04. The zero-order valence-electron chi connectivity index (χ0n) is 9.80. The lowest BCUT2D eigenvalue weighted by atomic mass is 10.3. The van der Waals surface area contributed by atoms with Gasteiger partial charge in [0.15, 0.2) is 5.82 Å². The van der Waals surface area contributed by atoms with Crippen LogP contribution in [0.1, 0.15) is 17.4 Å². The molecular formula is C11H14N4O2. The first-order chi connectivity index (χ1) is 8.28. The summed E-state index contributed by atoms with van der Waals surface area (Å²) in [5.41, 5.74) is 0.903. The molecule has 6 heteroatoms. The number of hydrogen-bond acceptors (Lipinski definition) is 6. The molecule has 0 fully saturated rings. The molecule has 0 aromatic carbocycles. The molecule has 0 spiro atoms. The van der Waals surface area contributed by atoms with Crippen molar-refractivity contribution >= 4 is 0 Å². The monoisotopic (exact) mass is 234 g/mol. The number of methoxy groups -OCH3 is 1. The number of hydrogen-bond donors (Lipinski definition) is 1. The highest BCUT2D eigenvalue weighted by atomic mass is 16.5. The van der Waals surface area contributed by atoms with E-state index in [1.54, 1.807) is 14.0 Å². The summed E-state index contributed by atoms with van der Waals surface area (Å²) < 4.78 is 10.0. The van der Waals surface area contributed by atoms with Gasteiger partial charge in [0, 0.05) is 12.6 Å². The van der Waals surface area contributed by atoms with Crippen LogP contribution >= 0.6 is 0 Å². The molecule has 90 valence electrons. The Morgan fingerprint density at radius 1 is 1.29 bits per heavy atom. The molecule has 0 aliphatic carbocycles. The summed E-state index contributed by atoms with van der Waals surface area (Å²) in [6.07, 6.45) is 0. The minimum atomic E-state index is 0.528. The molecule has 0 amide bonds. The fraction of sp³-hybridized carbons (Fsp3) is 0.364. The normalized spacial score (nSPS) is 10.5. The molecule has 0 aliphatic rings. The summed E-state index contributed by atoms with van der Waals surface area (Å²) in [6, 6.07) is 5.64. The lowest BCUT2D eigenvalue weighted by molar-refractivity contribution is 0.363. The van der Waals surface area contributed by atoms with Gasteiger partial charge in [-0.05, 0) is 13.0 Å². The van der Waals surface area contributed by atoms with Gasteiger partial charge in [0.05, 0.1) is 19.3 Å². The van der Waals surface area contributed by atoms with E-state index in [0.717, 1.165) is 5.69 Å². The minimum Gasteiger partial charge on any atom is -0.481 e. The number of nitrogens with one attached hydrogen (secondary N) is 1. The van der Waals surface area contributed by atoms with Crippen LogP contribution in [0.5, 0.6) is 5.88 Å². The quantitative estimate of drug-likeness (QED) is 0.834. The largest absolute Gasteiger partial charge is 0.481 e. The second kappa shape index (κ2) is 5.40. The molecule has 0 aliphatic heterocycles. The van der Waals surface area contributed by atoms with Crippen LogP contribution in [0.25, 0.3) is 0 Å². The van der Waals surface area contributed by atoms with E-state index in [-0.39, 0.29) is 0 Å². The Labute approximate surface area is 99.0 Å². The summed E-state index contributed by atoms with van der Waals surface area (Å²) in [6.45, 7) is 2.94. The van der Waals surface area contributed by atoms with Crippen molar-refractivity contribution in [3.8, 4) is 5.88 Å². The van der Waals surface area contributed by atoms with Crippen molar-refractivity contribution in [1.82, 2.24) is 20.4 Å². The third-order valence-corrected chi connectivity index (χ3v) is 2.14. The van der Waals surface area contributed by atoms with Gasteiger partial charge in [-0.25, -0.2) is 4.98 Å². The topological polar surface area (TPSA) is 73.1 Å². The van der Waals surface area contributed by atoms with Crippen molar-refractivity contribution in [2.45, 2.75) is 20.0 Å². The minimum absolute atomic E-state index is 0.528. The lowest BCUT2D eigenvalue weighted by Gasteiger charge is -2.03. The summed E-state index contributed by atoms with van der Waals surface area (Å²) in [5.74, 6) is 1.82. The third-order valence-electron chi connectivity index (χ3n) is 2.14. The van der Waals surface area contributed by atoms with Crippen molar-refractivity contribution in [2.75, 3.05) is 7.11 Å². The lowest BCUT2D eigenvalue weighted by Crippen LogP contribution is -2.14. The second-order valence-electron chi connectivity index (χ2n) is 3.51. The van der Waals surface area contributed by atoms with Crippen LogP contribution in [0, 0.1) is 6.92 Å². The summed E-state index contributed by atoms with van der Waals surface area (Å²) in [7, 11) is 1.60. The van der Waals surface area contributed by atoms with Crippen LogP contribution in [0.3, 0.4) is 0 Å². The Morgan fingerprint density at radius 2 is 2.18 bits per heavy atom. The molecule has 2 rings (SSSR count). The van der Waals surface area contributed by atoms with Gasteiger partial charge in [0.1, 0.15) is 0 Å². The van der Waals surface area contributed by atoms with Crippen molar-refractivity contribution in [3.63, 3.8) is 0 Å². The van der Waals surface area contributed by atoms with Gasteiger partial charge in [0.25, 0.3) is 0 Å². The Hall–Kier alpha value is -1.95. The summed E-state index contributed by atoms with van der Waals surface area (Å²) >= 11 is 0. The molecule has 0 bridgehead atoms. The first kappa shape index (κ1) is 11.5. The predicted molar refractivity (Wildman–Crippen MR) is 60.4 cm³/mol. The van der Waals surface area contributed by atoms with E-state index in [9.17, 15) is 0 Å². The summed E-state index contributed by atoms with van der Waals surface area (Å²) in [5, 5.41) is 6.88. The SMILES string of the molecule is COc1cccc(CNCc2nc(C)no2)n1. The van der Waals surface area contributed by atoms with E-state index in [4.69, 9.17) is 9.26 Å². The van der Waals surface area contributed by atoms with Gasteiger partial charge < -0.3 is 14.6 Å². The highest BCUT2D eigenvalue weighted by Gasteiger charge is 2.02. The molecule has 0 atom stereocenters. The molecule has 0 saturated heterocycles. The first-order valence-electron chi connectivity index (χ1n) is 5.28. The molecule has 0 unspecified atom stereocenters. The maximum Gasteiger partial charge on any atom is 0.240 e. The van der Waals surface area contributed by atoms with Crippen LogP contribution in [0.2, 0.25) is 0 Å². The number of aromatic nitrogens is 3. The van der Waals surface area contributed by atoms with E-state index < -0.39 is 0 Å². The Bertz CT molecular complexity index is 484. The Morgan fingerprint density at radius 3 is 2.88 bits per heavy atom. The van der Waals surface area contributed by atoms with E-state index >= 15 is 0 Å². The maximum absolute atomic E-state index is 5.04. The fourth-order valence-electron chi connectivity index (χ4n) is 1.38. The first-order valence-corrected chi connectivity index (χ1v) is 5.28. The van der Waals surface area contributed by atoms with Crippen molar-refractivity contribution in [2.24, 2.45) is 0 Å². The van der Waals surface area contributed by atoms with E-state index in [1.807, 2.05) is 18.2 Å². The average molecular weight is 234 g/mol. The summed E-state index contributed by atoms with van der Waals surface area (Å²) in [4.78, 5) is 8.37. The van der Waals surface area contributed by atoms with E-state index in [1.165, 1.54) is 0 Å². The van der Waals surface area contributed by atoms with Crippen LogP contribution in [0.15, 0.2) is 22.7 Å². The third kappa shape index (κ3) is 3.25. The highest BCUT2D eigenvalue weighted by Crippen LogP contribution is 2.06. The van der Waals surface area contributed by atoms with Crippen molar-refractivity contribution in [3.05, 3.63) is 35.6 Å². The number of rotatable bonds is 5. The molecule has 17 heavy (non-hydrogen) atoms. The number of pyridine rings is 1. The van der Waals surface area contributed by atoms with Gasteiger partial charge in [-0.1, -0.05) is 11.2 Å². The standard InChI is InChI=1S/C11H14N4O2/c1-8-13-11(17-15-8)7-12-6-9-4-3-5-10(14-9)16-2/h3-5,12H,6-7H2,1-2H3. The van der Waals surface area contributed by atoms with Gasteiger partial charge in [-0.3, -0.25) is 0 Å². The van der Waals surface area contributed by atoms with Gasteiger partial charge >= 0.3 is 0 Å². The number of aryl methyl sites for hydroxylation is 1. The van der Waals surface area contributed by atoms with E-state index in [0.29, 0.717) is 30.7 Å². The molecule has 6 nitrogen and oxygen atoms in total. The van der Waals surface area contributed by atoms with Crippen LogP contribution in [-0.2, 0) is 13.1 Å². The highest BCUT2D eigenvalue weighted by molar-refractivity contribution is 5.15. The number of ether oxygens (including phenoxy) is 1. The molecule has 0 saturated carbocycles. The molecule has 1 N–H and O–H groups in total. The van der Waals surface area contributed by atoms with Crippen LogP contribution in [-0.4, -0.2) is 22.2 Å². The Kier molecular flexibility index (Phi) is 3.66. The molecular weight excluding hydrogens is 220 g/mol.